The molecule has 0 fully saturated rings. The Bertz CT molecular complexity index is 162. The minimum absolute atomic E-state index is 0.219. The Hall–Kier alpha value is -0.710. The summed E-state index contributed by atoms with van der Waals surface area (Å²) in [7, 11) is 0. The van der Waals surface area contributed by atoms with E-state index in [1.165, 1.54) is 11.8 Å². The molecule has 0 aliphatic carbocycles. The minimum atomic E-state index is -0.235. The molecule has 0 N–H and O–H groups in total. The fourth-order valence-electron chi connectivity index (χ4n) is 0.747. The van der Waals surface area contributed by atoms with Gasteiger partial charge in [-0.3, -0.25) is 9.59 Å². The fraction of sp³-hybridized carbons (Fsp3) is 0.778. The van der Waals surface area contributed by atoms with E-state index in [4.69, 9.17) is 9.47 Å². The Labute approximate surface area is 88.3 Å². The summed E-state index contributed by atoms with van der Waals surface area (Å²) in [6.45, 7) is 4.34. The molecule has 14 heavy (non-hydrogen) atoms. The van der Waals surface area contributed by atoms with Gasteiger partial charge in [0.25, 0.3) is 0 Å². The number of esters is 2. The molecule has 82 valence electrons. The van der Waals surface area contributed by atoms with E-state index >= 15 is 0 Å². The number of thioether (sulfide) groups is 1. The van der Waals surface area contributed by atoms with Crippen LogP contribution in [0.4, 0.5) is 0 Å². The molecule has 0 saturated carbocycles. The molecule has 0 aromatic heterocycles. The Morgan fingerprint density at radius 1 is 1.07 bits per heavy atom. The summed E-state index contributed by atoms with van der Waals surface area (Å²) in [5.41, 5.74) is 0. The Morgan fingerprint density at radius 2 is 1.64 bits per heavy atom. The topological polar surface area (TPSA) is 52.6 Å². The Kier molecular flexibility index (Phi) is 8.42. The molecule has 0 saturated heterocycles. The Balaban J connectivity index is 3.28. The van der Waals surface area contributed by atoms with Crippen LogP contribution in [0, 0.1) is 0 Å². The summed E-state index contributed by atoms with van der Waals surface area (Å²) in [6, 6.07) is 0. The van der Waals surface area contributed by atoms with E-state index in [1.807, 2.05) is 0 Å². The van der Waals surface area contributed by atoms with Gasteiger partial charge in [0.1, 0.15) is 0 Å². The summed E-state index contributed by atoms with van der Waals surface area (Å²) in [5.74, 6) is 0.440. The fourth-order valence-corrected chi connectivity index (χ4v) is 1.45. The van der Waals surface area contributed by atoms with Crippen molar-refractivity contribution in [1.82, 2.24) is 0 Å². The molecule has 0 aromatic rings. The SMILES string of the molecule is CCOC(=O)CCSCC(=O)OCC. The van der Waals surface area contributed by atoms with Crippen LogP contribution in [0.2, 0.25) is 0 Å². The lowest BCUT2D eigenvalue weighted by atomic mass is 10.5. The summed E-state index contributed by atoms with van der Waals surface area (Å²) < 4.78 is 9.45. The first-order chi connectivity index (χ1) is 6.70. The van der Waals surface area contributed by atoms with E-state index in [0.29, 0.717) is 31.1 Å². The molecule has 0 heterocycles. The first kappa shape index (κ1) is 13.3. The second-order valence-corrected chi connectivity index (χ2v) is 3.52. The molecule has 0 spiro atoms. The van der Waals surface area contributed by atoms with Crippen LogP contribution < -0.4 is 0 Å². The number of hydrogen-bond acceptors (Lipinski definition) is 5. The van der Waals surface area contributed by atoms with Crippen LogP contribution in [0.5, 0.6) is 0 Å². The molecule has 0 aliphatic heterocycles. The maximum absolute atomic E-state index is 10.9. The van der Waals surface area contributed by atoms with Crippen LogP contribution in [0.1, 0.15) is 20.3 Å². The largest absolute Gasteiger partial charge is 0.466 e. The van der Waals surface area contributed by atoms with Gasteiger partial charge in [0.15, 0.2) is 0 Å². The molecule has 0 bridgehead atoms. The van der Waals surface area contributed by atoms with Gasteiger partial charge in [0.05, 0.1) is 25.4 Å². The molecule has 0 unspecified atom stereocenters. The van der Waals surface area contributed by atoms with Crippen LogP contribution in [-0.4, -0.2) is 36.7 Å². The number of carbonyl (C=O) groups excluding carboxylic acids is 2. The van der Waals surface area contributed by atoms with Crippen molar-refractivity contribution in [3.8, 4) is 0 Å². The average molecular weight is 220 g/mol. The molecule has 0 rings (SSSR count). The van der Waals surface area contributed by atoms with Gasteiger partial charge in [-0.15, -0.1) is 11.8 Å². The van der Waals surface area contributed by atoms with E-state index in [1.54, 1.807) is 13.8 Å². The number of carbonyl (C=O) groups is 2. The summed E-state index contributed by atoms with van der Waals surface area (Å²) in [4.78, 5) is 21.7. The normalized spacial score (nSPS) is 9.57. The number of hydrogen-bond donors (Lipinski definition) is 0. The van der Waals surface area contributed by atoms with Crippen LogP contribution in [0.15, 0.2) is 0 Å². The van der Waals surface area contributed by atoms with Crippen molar-refractivity contribution < 1.29 is 19.1 Å². The number of rotatable bonds is 7. The molecule has 0 aliphatic rings. The first-order valence-electron chi connectivity index (χ1n) is 4.59. The van der Waals surface area contributed by atoms with Crippen molar-refractivity contribution in [3.63, 3.8) is 0 Å². The van der Waals surface area contributed by atoms with Gasteiger partial charge in [0, 0.05) is 5.75 Å². The highest BCUT2D eigenvalue weighted by Gasteiger charge is 2.04. The van der Waals surface area contributed by atoms with Crippen LogP contribution in [0.3, 0.4) is 0 Å². The maximum atomic E-state index is 10.9. The minimum Gasteiger partial charge on any atom is -0.466 e. The summed E-state index contributed by atoms with van der Waals surface area (Å²) in [6.07, 6.45) is 0.345. The second-order valence-electron chi connectivity index (χ2n) is 2.41. The highest BCUT2D eigenvalue weighted by Crippen LogP contribution is 2.03. The summed E-state index contributed by atoms with van der Waals surface area (Å²) in [5, 5.41) is 0. The van der Waals surface area contributed by atoms with Gasteiger partial charge in [-0.05, 0) is 13.8 Å². The van der Waals surface area contributed by atoms with E-state index in [2.05, 4.69) is 0 Å². The highest BCUT2D eigenvalue weighted by atomic mass is 32.2. The van der Waals surface area contributed by atoms with Gasteiger partial charge in [-0.1, -0.05) is 0 Å². The smallest absolute Gasteiger partial charge is 0.315 e. The van der Waals surface area contributed by atoms with Gasteiger partial charge in [0.2, 0.25) is 0 Å². The second kappa shape index (κ2) is 8.87. The third-order valence-corrected chi connectivity index (χ3v) is 2.21. The van der Waals surface area contributed by atoms with E-state index in [0.717, 1.165) is 0 Å². The number of ether oxygens (including phenoxy) is 2. The van der Waals surface area contributed by atoms with Crippen molar-refractivity contribution in [1.29, 1.82) is 0 Å². The monoisotopic (exact) mass is 220 g/mol. The zero-order valence-electron chi connectivity index (χ0n) is 8.58. The van der Waals surface area contributed by atoms with Crippen LogP contribution >= 0.6 is 11.8 Å². The third-order valence-electron chi connectivity index (χ3n) is 1.28. The molecular weight excluding hydrogens is 204 g/mol. The quantitative estimate of drug-likeness (QED) is 0.477. The predicted octanol–water partition coefficient (Wildman–Crippen LogP) is 1.24. The third kappa shape index (κ3) is 7.91. The van der Waals surface area contributed by atoms with Crippen molar-refractivity contribution in [2.75, 3.05) is 24.7 Å². The first-order valence-corrected chi connectivity index (χ1v) is 5.75. The molecular formula is C9H16O4S. The van der Waals surface area contributed by atoms with Gasteiger partial charge in [-0.2, -0.15) is 0 Å². The van der Waals surface area contributed by atoms with E-state index in [-0.39, 0.29) is 11.9 Å². The van der Waals surface area contributed by atoms with Crippen LogP contribution in [-0.2, 0) is 19.1 Å². The molecule has 0 radical (unpaired) electrons. The Morgan fingerprint density at radius 3 is 2.21 bits per heavy atom. The van der Waals surface area contributed by atoms with Gasteiger partial charge in [-0.25, -0.2) is 0 Å². The lowest BCUT2D eigenvalue weighted by Crippen LogP contribution is -2.09. The van der Waals surface area contributed by atoms with Crippen molar-refractivity contribution in [3.05, 3.63) is 0 Å². The lowest BCUT2D eigenvalue weighted by Gasteiger charge is -2.02. The van der Waals surface area contributed by atoms with E-state index in [9.17, 15) is 9.59 Å². The van der Waals surface area contributed by atoms with Crippen molar-refractivity contribution in [2.24, 2.45) is 0 Å². The maximum Gasteiger partial charge on any atom is 0.315 e. The van der Waals surface area contributed by atoms with Crippen molar-refractivity contribution in [2.45, 2.75) is 20.3 Å². The standard InChI is InChI=1S/C9H16O4S/c1-3-12-8(10)5-6-14-7-9(11)13-4-2/h3-7H2,1-2H3. The van der Waals surface area contributed by atoms with Gasteiger partial charge < -0.3 is 9.47 Å². The zero-order chi connectivity index (χ0) is 10.8. The molecule has 0 aromatic carbocycles. The molecule has 4 nitrogen and oxygen atoms in total. The lowest BCUT2D eigenvalue weighted by molar-refractivity contribution is -0.143. The van der Waals surface area contributed by atoms with Crippen LogP contribution in [0.25, 0.3) is 0 Å². The predicted molar refractivity (Wildman–Crippen MR) is 55.2 cm³/mol. The molecule has 0 atom stereocenters. The average Bonchev–Trinajstić information content (AvgIpc) is 2.13. The highest BCUT2D eigenvalue weighted by molar-refractivity contribution is 7.99. The van der Waals surface area contributed by atoms with Gasteiger partial charge >= 0.3 is 11.9 Å². The molecule has 0 amide bonds. The summed E-state index contributed by atoms with van der Waals surface area (Å²) >= 11 is 1.38. The van der Waals surface area contributed by atoms with E-state index < -0.39 is 0 Å². The molecule has 5 heteroatoms. The van der Waals surface area contributed by atoms with Crippen molar-refractivity contribution >= 4 is 23.7 Å². The zero-order valence-corrected chi connectivity index (χ0v) is 9.39.